The molecule has 1 aromatic rings. The van der Waals surface area contributed by atoms with E-state index in [1.165, 1.54) is 19.3 Å². The van der Waals surface area contributed by atoms with Crippen LogP contribution < -0.4 is 11.1 Å². The number of piperidine rings is 1. The summed E-state index contributed by atoms with van der Waals surface area (Å²) >= 11 is 0. The Kier molecular flexibility index (Phi) is 9.41. The summed E-state index contributed by atoms with van der Waals surface area (Å²) in [5.74, 6) is 0.794. The minimum Gasteiger partial charge on any atom is -0.384 e. The van der Waals surface area contributed by atoms with Crippen LogP contribution in [-0.2, 0) is 4.79 Å². The van der Waals surface area contributed by atoms with Gasteiger partial charge in [-0.1, -0.05) is 20.3 Å². The second-order valence-corrected chi connectivity index (χ2v) is 5.75. The monoisotopic (exact) mass is 348 g/mol. The molecule has 5 nitrogen and oxygen atoms in total. The second-order valence-electron chi connectivity index (χ2n) is 5.75. The molecule has 1 amide bonds. The van der Waals surface area contributed by atoms with Crippen LogP contribution in [0.1, 0.15) is 33.1 Å². The Labute approximate surface area is 144 Å². The third-order valence-corrected chi connectivity index (χ3v) is 3.74. The van der Waals surface area contributed by atoms with Gasteiger partial charge in [0, 0.05) is 0 Å². The van der Waals surface area contributed by atoms with Gasteiger partial charge in [-0.2, -0.15) is 0 Å². The molecule has 126 valence electrons. The first-order chi connectivity index (χ1) is 9.58. The maximum atomic E-state index is 12.5. The fourth-order valence-electron chi connectivity index (χ4n) is 2.78. The number of anilines is 2. The van der Waals surface area contributed by atoms with E-state index in [1.54, 1.807) is 18.3 Å². The number of carbonyl (C=O) groups is 1. The third kappa shape index (κ3) is 5.63. The molecule has 1 aromatic heterocycles. The van der Waals surface area contributed by atoms with Gasteiger partial charge in [-0.25, -0.2) is 4.98 Å². The second kappa shape index (κ2) is 9.87. The Hall–Kier alpha value is -1.04. The van der Waals surface area contributed by atoms with Crippen molar-refractivity contribution >= 4 is 42.2 Å². The largest absolute Gasteiger partial charge is 0.384 e. The van der Waals surface area contributed by atoms with Crippen molar-refractivity contribution in [3.05, 3.63) is 18.3 Å². The van der Waals surface area contributed by atoms with E-state index in [0.717, 1.165) is 13.1 Å². The normalized spacial score (nSPS) is 16.3. The summed E-state index contributed by atoms with van der Waals surface area (Å²) in [5, 5.41) is 2.95. The Bertz CT molecular complexity index is 447. The van der Waals surface area contributed by atoms with Crippen molar-refractivity contribution in [2.45, 2.75) is 39.2 Å². The summed E-state index contributed by atoms with van der Waals surface area (Å²) in [4.78, 5) is 18.8. The Morgan fingerprint density at radius 2 is 1.86 bits per heavy atom. The van der Waals surface area contributed by atoms with Crippen LogP contribution >= 0.6 is 24.8 Å². The number of pyridine rings is 1. The number of nitrogens with one attached hydrogen (secondary N) is 1. The molecule has 1 aliphatic heterocycles. The lowest BCUT2D eigenvalue weighted by Gasteiger charge is -2.35. The number of hydrogen-bond acceptors (Lipinski definition) is 4. The quantitative estimate of drug-likeness (QED) is 0.877. The third-order valence-electron chi connectivity index (χ3n) is 3.74. The summed E-state index contributed by atoms with van der Waals surface area (Å²) in [6, 6.07) is 3.40. The zero-order valence-corrected chi connectivity index (χ0v) is 14.8. The highest BCUT2D eigenvalue weighted by atomic mass is 35.5. The average molecular weight is 349 g/mol. The van der Waals surface area contributed by atoms with E-state index in [1.807, 2.05) is 0 Å². The van der Waals surface area contributed by atoms with Gasteiger partial charge in [-0.05, 0) is 44.0 Å². The van der Waals surface area contributed by atoms with Crippen molar-refractivity contribution in [1.29, 1.82) is 0 Å². The number of nitrogens with zero attached hydrogens (tertiary/aromatic N) is 2. The number of nitrogen functional groups attached to an aromatic ring is 1. The lowest BCUT2D eigenvalue weighted by atomic mass is 9.98. The molecule has 1 aliphatic rings. The standard InChI is InChI=1S/C15H24N4O.2ClH/c1-11(2)14(19-8-4-3-5-9-19)15(20)18-12-6-7-13(16)17-10-12;;/h6-7,10-11,14H,3-5,8-9H2,1-2H3,(H2,16,17)(H,18,20);2*1H. The molecular formula is C15H26Cl2N4O. The smallest absolute Gasteiger partial charge is 0.242 e. The molecule has 0 saturated carbocycles. The van der Waals surface area contributed by atoms with Crippen LogP contribution in [0.15, 0.2) is 18.3 Å². The van der Waals surface area contributed by atoms with E-state index in [4.69, 9.17) is 5.73 Å². The molecule has 1 fully saturated rings. The number of hydrogen-bond donors (Lipinski definition) is 2. The predicted molar refractivity (Wildman–Crippen MR) is 95.8 cm³/mol. The highest BCUT2D eigenvalue weighted by molar-refractivity contribution is 5.95. The molecule has 0 bridgehead atoms. The van der Waals surface area contributed by atoms with Crippen molar-refractivity contribution in [3.8, 4) is 0 Å². The molecule has 1 atom stereocenters. The lowest BCUT2D eigenvalue weighted by molar-refractivity contribution is -0.123. The molecule has 0 spiro atoms. The molecule has 2 rings (SSSR count). The van der Waals surface area contributed by atoms with E-state index < -0.39 is 0 Å². The van der Waals surface area contributed by atoms with Crippen molar-refractivity contribution in [2.24, 2.45) is 5.92 Å². The molecule has 1 unspecified atom stereocenters. The van der Waals surface area contributed by atoms with Crippen molar-refractivity contribution in [1.82, 2.24) is 9.88 Å². The fourth-order valence-corrected chi connectivity index (χ4v) is 2.78. The number of aromatic nitrogens is 1. The SMILES string of the molecule is CC(C)C(C(=O)Nc1ccc(N)nc1)N1CCCCC1.Cl.Cl. The van der Waals surface area contributed by atoms with Crippen LogP contribution in [0.25, 0.3) is 0 Å². The van der Waals surface area contributed by atoms with Crippen molar-refractivity contribution in [2.75, 3.05) is 24.1 Å². The molecule has 22 heavy (non-hydrogen) atoms. The van der Waals surface area contributed by atoms with Crippen LogP contribution in [0.4, 0.5) is 11.5 Å². The first kappa shape index (κ1) is 21.0. The first-order valence-corrected chi connectivity index (χ1v) is 7.34. The Morgan fingerprint density at radius 1 is 1.23 bits per heavy atom. The minimum atomic E-state index is -0.0761. The zero-order chi connectivity index (χ0) is 14.5. The van der Waals surface area contributed by atoms with Gasteiger partial charge in [0.1, 0.15) is 5.82 Å². The van der Waals surface area contributed by atoms with Gasteiger partial charge < -0.3 is 11.1 Å². The summed E-state index contributed by atoms with van der Waals surface area (Å²) in [7, 11) is 0. The van der Waals surface area contributed by atoms with Gasteiger partial charge in [0.05, 0.1) is 17.9 Å². The minimum absolute atomic E-state index is 0. The van der Waals surface area contributed by atoms with Crippen LogP contribution in [0.3, 0.4) is 0 Å². The molecule has 3 N–H and O–H groups in total. The summed E-state index contributed by atoms with van der Waals surface area (Å²) in [6.45, 7) is 6.21. The lowest BCUT2D eigenvalue weighted by Crippen LogP contribution is -2.49. The number of amides is 1. The number of rotatable bonds is 4. The van der Waals surface area contributed by atoms with Crippen LogP contribution in [0.5, 0.6) is 0 Å². The number of nitrogens with two attached hydrogens (primary N) is 1. The highest BCUT2D eigenvalue weighted by Gasteiger charge is 2.29. The van der Waals surface area contributed by atoms with Gasteiger partial charge in [0.15, 0.2) is 0 Å². The Balaban J connectivity index is 0.00000220. The number of halogens is 2. The molecule has 0 aromatic carbocycles. The van der Waals surface area contributed by atoms with Crippen molar-refractivity contribution < 1.29 is 4.79 Å². The highest BCUT2D eigenvalue weighted by Crippen LogP contribution is 2.19. The summed E-state index contributed by atoms with van der Waals surface area (Å²) in [6.07, 6.45) is 5.23. The first-order valence-electron chi connectivity index (χ1n) is 7.34. The van der Waals surface area contributed by atoms with Gasteiger partial charge in [-0.3, -0.25) is 9.69 Å². The van der Waals surface area contributed by atoms with E-state index in [-0.39, 0.29) is 42.7 Å². The van der Waals surface area contributed by atoms with Crippen molar-refractivity contribution in [3.63, 3.8) is 0 Å². The molecule has 1 saturated heterocycles. The van der Waals surface area contributed by atoms with Crippen LogP contribution in [0, 0.1) is 5.92 Å². The van der Waals surface area contributed by atoms with Gasteiger partial charge in [0.2, 0.25) is 5.91 Å². The summed E-state index contributed by atoms with van der Waals surface area (Å²) in [5.41, 5.74) is 6.25. The molecule has 2 heterocycles. The van der Waals surface area contributed by atoms with Gasteiger partial charge >= 0.3 is 0 Å². The zero-order valence-electron chi connectivity index (χ0n) is 13.1. The maximum Gasteiger partial charge on any atom is 0.242 e. The number of carbonyl (C=O) groups excluding carboxylic acids is 1. The van der Waals surface area contributed by atoms with Gasteiger partial charge in [0.25, 0.3) is 0 Å². The van der Waals surface area contributed by atoms with Crippen LogP contribution in [-0.4, -0.2) is 34.9 Å². The fraction of sp³-hybridized carbons (Fsp3) is 0.600. The number of likely N-dealkylation sites (tertiary alicyclic amines) is 1. The Morgan fingerprint density at radius 3 is 2.36 bits per heavy atom. The van der Waals surface area contributed by atoms with Gasteiger partial charge in [-0.15, -0.1) is 24.8 Å². The van der Waals surface area contributed by atoms with E-state index in [9.17, 15) is 4.79 Å². The summed E-state index contributed by atoms with van der Waals surface area (Å²) < 4.78 is 0. The topological polar surface area (TPSA) is 71.2 Å². The van der Waals surface area contributed by atoms with E-state index >= 15 is 0 Å². The van der Waals surface area contributed by atoms with E-state index in [0.29, 0.717) is 11.5 Å². The molecule has 0 radical (unpaired) electrons. The van der Waals surface area contributed by atoms with E-state index in [2.05, 4.69) is 29.0 Å². The predicted octanol–water partition coefficient (Wildman–Crippen LogP) is 2.96. The van der Waals surface area contributed by atoms with Crippen LogP contribution in [0.2, 0.25) is 0 Å². The molecule has 0 aliphatic carbocycles. The molecule has 7 heteroatoms. The maximum absolute atomic E-state index is 12.5. The average Bonchev–Trinajstić information content (AvgIpc) is 2.42. The molecular weight excluding hydrogens is 323 g/mol.